The average molecular weight is 634 g/mol. The Hall–Kier alpha value is -4.36. The van der Waals surface area contributed by atoms with Gasteiger partial charge < -0.3 is 36.3 Å². The Bertz CT molecular complexity index is 1410. The second-order valence-corrected chi connectivity index (χ2v) is 10.3. The monoisotopic (exact) mass is 633 g/mol. The van der Waals surface area contributed by atoms with E-state index in [1.54, 1.807) is 24.3 Å². The number of nitrogens with zero attached hydrogens (tertiary/aromatic N) is 3. The summed E-state index contributed by atoms with van der Waals surface area (Å²) in [6.07, 6.45) is -4.56. The average Bonchev–Trinajstić information content (AvgIpc) is 3.36. The van der Waals surface area contributed by atoms with Gasteiger partial charge in [0, 0.05) is 23.3 Å². The minimum atomic E-state index is -5.08. The van der Waals surface area contributed by atoms with Crippen molar-refractivity contribution in [1.82, 2.24) is 15.2 Å². The third kappa shape index (κ3) is 7.47. The number of hydrogen-bond acceptors (Lipinski definition) is 12. The van der Waals surface area contributed by atoms with Gasteiger partial charge >= 0.3 is 18.1 Å². The summed E-state index contributed by atoms with van der Waals surface area (Å²) < 4.78 is 37.5. The molecule has 19 heteroatoms. The molecule has 1 aromatic heterocycles. The minimum absolute atomic E-state index is 0.0337. The van der Waals surface area contributed by atoms with Gasteiger partial charge in [0.25, 0.3) is 11.8 Å². The van der Waals surface area contributed by atoms with E-state index in [2.05, 4.69) is 15.5 Å². The molecule has 2 atom stereocenters. The van der Waals surface area contributed by atoms with Gasteiger partial charge in [0.15, 0.2) is 10.8 Å². The first-order chi connectivity index (χ1) is 19.8. The highest BCUT2D eigenvalue weighted by molar-refractivity contribution is 8.00. The van der Waals surface area contributed by atoms with E-state index >= 15 is 0 Å². The number of carbonyl (C=O) groups excluding carboxylic acids is 2. The van der Waals surface area contributed by atoms with Crippen molar-refractivity contribution in [3.05, 3.63) is 52.2 Å². The molecule has 0 saturated carbocycles. The van der Waals surface area contributed by atoms with Crippen LogP contribution in [-0.2, 0) is 25.6 Å². The lowest BCUT2D eigenvalue weighted by atomic mass is 10.0. The zero-order valence-corrected chi connectivity index (χ0v) is 22.7. The molecule has 2 amide bonds. The highest BCUT2D eigenvalue weighted by atomic mass is 32.2. The number of nitrogen functional groups attached to an aromatic ring is 1. The number of amides is 2. The van der Waals surface area contributed by atoms with E-state index < -0.39 is 47.1 Å². The zero-order valence-electron chi connectivity index (χ0n) is 21.1. The van der Waals surface area contributed by atoms with E-state index in [4.69, 9.17) is 25.5 Å². The van der Waals surface area contributed by atoms with E-state index in [0.29, 0.717) is 17.7 Å². The summed E-state index contributed by atoms with van der Waals surface area (Å²) in [6.45, 7) is 0.000443. The van der Waals surface area contributed by atoms with Crippen molar-refractivity contribution in [3.8, 4) is 5.75 Å². The fourth-order valence-corrected chi connectivity index (χ4v) is 5.54. The van der Waals surface area contributed by atoms with Crippen LogP contribution in [0.25, 0.3) is 0 Å². The summed E-state index contributed by atoms with van der Waals surface area (Å²) in [5, 5.41) is 41.6. The van der Waals surface area contributed by atoms with Gasteiger partial charge in [0.1, 0.15) is 35.2 Å². The summed E-state index contributed by atoms with van der Waals surface area (Å²) in [5.74, 6) is -4.68. The summed E-state index contributed by atoms with van der Waals surface area (Å²) in [6, 6.07) is 6.05. The van der Waals surface area contributed by atoms with E-state index in [1.807, 2.05) is 0 Å². The highest BCUT2D eigenvalue weighted by Crippen LogP contribution is 2.40. The summed E-state index contributed by atoms with van der Waals surface area (Å²) >= 11 is 2.34. The first kappa shape index (κ1) is 32.2. The topological polar surface area (TPSA) is 225 Å². The number of thioether (sulfide) groups is 1. The predicted octanol–water partition coefficient (Wildman–Crippen LogP) is 0.889. The molecule has 0 aliphatic carbocycles. The van der Waals surface area contributed by atoms with Crippen molar-refractivity contribution < 1.29 is 57.6 Å². The molecular weight excluding hydrogens is 611 g/mol. The third-order valence-corrected chi connectivity index (χ3v) is 7.61. The molecule has 1 unspecified atom stereocenters. The number of ether oxygens (including phenoxy) is 1. The van der Waals surface area contributed by atoms with Gasteiger partial charge in [0.2, 0.25) is 0 Å². The maximum Gasteiger partial charge on any atom is 0.490 e. The fourth-order valence-electron chi connectivity index (χ4n) is 3.67. The van der Waals surface area contributed by atoms with Crippen LogP contribution in [0, 0.1) is 0 Å². The maximum absolute atomic E-state index is 12.8. The first-order valence-corrected chi connectivity index (χ1v) is 13.5. The molecule has 3 heterocycles. The predicted molar refractivity (Wildman–Crippen MR) is 141 cm³/mol. The van der Waals surface area contributed by atoms with Crippen LogP contribution >= 0.6 is 23.1 Å². The smallest absolute Gasteiger partial charge is 0.489 e. The Labute approximate surface area is 242 Å². The molecule has 1 aromatic carbocycles. The van der Waals surface area contributed by atoms with E-state index in [0.717, 1.165) is 21.8 Å². The van der Waals surface area contributed by atoms with E-state index in [1.165, 1.54) is 17.1 Å². The lowest BCUT2D eigenvalue weighted by Crippen LogP contribution is -2.71. The van der Waals surface area contributed by atoms with Crippen LogP contribution < -0.4 is 15.8 Å². The number of fused-ring (bicyclic) bond motifs is 1. The molecule has 2 aromatic rings. The Kier molecular flexibility index (Phi) is 10.4. The standard InChI is InChI=1S/C21H21N5O7S2.C2HF3O2/c22-21-23-13(9-35-21)14(25-32)17(28)24-15-18(29)26-16(20(30)31)11(8-34-19(15)26)7-33-12-3-1-10(2-4-12)5-6-27;3-2(4,5)1(6)7/h1-4,9,15,19,27,32H,5-8H2,(H2,22,23)(H,24,28)(H,30,31);(H,6,7)/b25-14-;/t15?,19-;/m1./s1. The second kappa shape index (κ2) is 13.5. The van der Waals surface area contributed by atoms with E-state index in [-0.39, 0.29) is 35.5 Å². The number of benzene rings is 1. The molecule has 14 nitrogen and oxygen atoms in total. The Morgan fingerprint density at radius 2 is 1.86 bits per heavy atom. The van der Waals surface area contributed by atoms with Gasteiger partial charge in [-0.3, -0.25) is 14.5 Å². The van der Waals surface area contributed by atoms with Gasteiger partial charge in [-0.25, -0.2) is 14.6 Å². The van der Waals surface area contributed by atoms with Gasteiger partial charge in [-0.1, -0.05) is 17.3 Å². The van der Waals surface area contributed by atoms with Crippen molar-refractivity contribution in [1.29, 1.82) is 0 Å². The lowest BCUT2D eigenvalue weighted by Gasteiger charge is -2.49. The van der Waals surface area contributed by atoms with Crippen LogP contribution in [0.3, 0.4) is 0 Å². The van der Waals surface area contributed by atoms with Crippen molar-refractivity contribution in [3.63, 3.8) is 0 Å². The molecule has 1 saturated heterocycles. The second-order valence-electron chi connectivity index (χ2n) is 8.35. The number of anilines is 1. The van der Waals surface area contributed by atoms with Crippen LogP contribution in [0.1, 0.15) is 11.3 Å². The van der Waals surface area contributed by atoms with Crippen molar-refractivity contribution in [2.75, 3.05) is 24.7 Å². The minimum Gasteiger partial charge on any atom is -0.489 e. The van der Waals surface area contributed by atoms with Crippen LogP contribution in [0.2, 0.25) is 0 Å². The number of carbonyl (C=O) groups is 4. The fraction of sp³-hybridized carbons (Fsp3) is 0.304. The largest absolute Gasteiger partial charge is 0.490 e. The molecular formula is C23H22F3N5O9S2. The molecule has 4 rings (SSSR count). The van der Waals surface area contributed by atoms with Crippen LogP contribution in [0.15, 0.2) is 46.1 Å². The molecule has 0 bridgehead atoms. The molecule has 2 aliphatic rings. The number of aromatic nitrogens is 1. The first-order valence-electron chi connectivity index (χ1n) is 11.6. The number of aliphatic carboxylic acids is 2. The van der Waals surface area contributed by atoms with Gasteiger partial charge in [-0.15, -0.1) is 23.1 Å². The van der Waals surface area contributed by atoms with Crippen molar-refractivity contribution >= 4 is 57.7 Å². The van der Waals surface area contributed by atoms with Crippen LogP contribution in [0.5, 0.6) is 5.75 Å². The number of nitrogens with one attached hydrogen (secondary N) is 1. The summed E-state index contributed by atoms with van der Waals surface area (Å²) in [5.41, 5.74) is 6.39. The number of aliphatic hydroxyl groups excluding tert-OH is 1. The molecule has 226 valence electrons. The van der Waals surface area contributed by atoms with E-state index in [9.17, 15) is 37.9 Å². The molecule has 2 aliphatic heterocycles. The molecule has 7 N–H and O–H groups in total. The highest BCUT2D eigenvalue weighted by Gasteiger charge is 2.54. The third-order valence-electron chi connectivity index (χ3n) is 5.60. The number of carboxylic acid groups (broad SMARTS) is 2. The quantitative estimate of drug-likeness (QED) is 0.0980. The molecule has 42 heavy (non-hydrogen) atoms. The normalized spacial score (nSPS) is 18.3. The Morgan fingerprint density at radius 3 is 2.36 bits per heavy atom. The zero-order chi connectivity index (χ0) is 31.2. The number of halogens is 3. The maximum atomic E-state index is 12.8. The number of carboxylic acids is 2. The van der Waals surface area contributed by atoms with Gasteiger partial charge in [-0.05, 0) is 24.1 Å². The number of aliphatic hydroxyl groups is 1. The van der Waals surface area contributed by atoms with Crippen molar-refractivity contribution in [2.24, 2.45) is 5.16 Å². The molecule has 0 radical (unpaired) electrons. The number of alkyl halides is 3. The number of nitrogens with two attached hydrogens (primary N) is 1. The Balaban J connectivity index is 0.000000616. The number of β-lactam (4-membered cyclic amide) rings is 1. The molecule has 0 spiro atoms. The SMILES string of the molecule is Nc1nc(/C(=N/O)C(=O)NC2C(=O)N3C(C(=O)O)=C(COc4ccc(CCO)cc4)CS[C@H]23)cs1.O=C(O)C(F)(F)F. The molecule has 1 fully saturated rings. The summed E-state index contributed by atoms with van der Waals surface area (Å²) in [7, 11) is 0. The number of rotatable bonds is 9. The van der Waals surface area contributed by atoms with Gasteiger partial charge in [-0.2, -0.15) is 13.2 Å². The van der Waals surface area contributed by atoms with Crippen LogP contribution in [0.4, 0.5) is 18.3 Å². The number of thiazole rings is 1. The van der Waals surface area contributed by atoms with Gasteiger partial charge in [0.05, 0.1) is 0 Å². The summed E-state index contributed by atoms with van der Waals surface area (Å²) in [4.78, 5) is 51.3. The number of oxime groups is 1. The number of hydrogen-bond donors (Lipinski definition) is 6. The lowest BCUT2D eigenvalue weighted by molar-refractivity contribution is -0.192. The van der Waals surface area contributed by atoms with Crippen LogP contribution in [-0.4, -0.2) is 96.4 Å². The van der Waals surface area contributed by atoms with Crippen molar-refractivity contribution in [2.45, 2.75) is 24.0 Å². The Morgan fingerprint density at radius 1 is 1.21 bits per heavy atom.